The first kappa shape index (κ1) is 22.9. The first-order chi connectivity index (χ1) is 16.0. The van der Waals surface area contributed by atoms with Crippen molar-refractivity contribution in [2.75, 3.05) is 22.6 Å². The van der Waals surface area contributed by atoms with E-state index in [-0.39, 0.29) is 23.0 Å². The van der Waals surface area contributed by atoms with Gasteiger partial charge in [-0.2, -0.15) is 0 Å². The number of ether oxygens (including phenoxy) is 1. The van der Waals surface area contributed by atoms with Crippen molar-refractivity contribution < 1.29 is 18.7 Å². The summed E-state index contributed by atoms with van der Waals surface area (Å²) in [4.78, 5) is 26.9. The van der Waals surface area contributed by atoms with Crippen LogP contribution in [0, 0.1) is 5.82 Å². The Labute approximate surface area is 196 Å². The molecular weight excluding hydrogens is 439 g/mol. The summed E-state index contributed by atoms with van der Waals surface area (Å²) < 4.78 is 19.0. The summed E-state index contributed by atoms with van der Waals surface area (Å²) in [5.74, 6) is 0.474. The number of carbonyl (C=O) groups is 2. The molecule has 0 bridgehead atoms. The molecule has 0 aliphatic carbocycles. The molecule has 170 valence electrons. The minimum atomic E-state index is -0.347. The molecule has 1 heterocycles. The molecule has 1 atom stereocenters. The third-order valence-electron chi connectivity index (χ3n) is 5.29. The fourth-order valence-electron chi connectivity index (χ4n) is 3.56. The second-order valence-corrected chi connectivity index (χ2v) is 8.78. The third kappa shape index (κ3) is 5.54. The Kier molecular flexibility index (Phi) is 7.29. The van der Waals surface area contributed by atoms with E-state index in [9.17, 15) is 14.0 Å². The third-order valence-corrected chi connectivity index (χ3v) is 6.50. The van der Waals surface area contributed by atoms with Crippen LogP contribution in [0.3, 0.4) is 0 Å². The van der Waals surface area contributed by atoms with Gasteiger partial charge in [0.2, 0.25) is 5.91 Å². The largest absolute Gasteiger partial charge is 0.494 e. The molecule has 1 fully saturated rings. The quantitative estimate of drug-likeness (QED) is 0.413. The minimum Gasteiger partial charge on any atom is -0.494 e. The maximum absolute atomic E-state index is 13.3. The van der Waals surface area contributed by atoms with E-state index in [1.165, 1.54) is 23.9 Å². The van der Waals surface area contributed by atoms with Gasteiger partial charge < -0.3 is 10.1 Å². The Balaban J connectivity index is 1.47. The molecule has 1 aliphatic rings. The number of amides is 2. The van der Waals surface area contributed by atoms with Gasteiger partial charge in [-0.3, -0.25) is 14.5 Å². The summed E-state index contributed by atoms with van der Waals surface area (Å²) in [7, 11) is 0. The van der Waals surface area contributed by atoms with Gasteiger partial charge in [-0.05, 0) is 72.6 Å². The number of benzene rings is 3. The van der Waals surface area contributed by atoms with E-state index in [2.05, 4.69) is 12.2 Å². The van der Waals surface area contributed by atoms with E-state index in [0.717, 1.165) is 24.2 Å². The number of carbonyl (C=O) groups excluding carboxylic acids is 2. The van der Waals surface area contributed by atoms with Crippen LogP contribution in [0.15, 0.2) is 72.8 Å². The first-order valence-electron chi connectivity index (χ1n) is 10.9. The normalized spacial score (nSPS) is 15.5. The highest BCUT2D eigenvalue weighted by Gasteiger charge is 2.34. The van der Waals surface area contributed by atoms with Crippen molar-refractivity contribution in [1.82, 2.24) is 0 Å². The zero-order valence-electron chi connectivity index (χ0n) is 18.3. The predicted octanol–water partition coefficient (Wildman–Crippen LogP) is 6.04. The van der Waals surface area contributed by atoms with Crippen molar-refractivity contribution in [3.8, 4) is 5.75 Å². The number of hydrogen-bond acceptors (Lipinski definition) is 4. The summed E-state index contributed by atoms with van der Waals surface area (Å²) in [5.41, 5.74) is 2.70. The molecule has 1 N–H and O–H groups in total. The molecule has 0 radical (unpaired) electrons. The van der Waals surface area contributed by atoms with E-state index in [0.29, 0.717) is 29.3 Å². The van der Waals surface area contributed by atoms with Crippen LogP contribution in [0.4, 0.5) is 15.8 Å². The molecule has 5 nitrogen and oxygen atoms in total. The van der Waals surface area contributed by atoms with Crippen LogP contribution in [-0.2, 0) is 4.79 Å². The Morgan fingerprint density at radius 2 is 1.88 bits per heavy atom. The van der Waals surface area contributed by atoms with Crippen molar-refractivity contribution in [3.05, 3.63) is 89.7 Å². The molecule has 3 aromatic rings. The number of anilines is 2. The van der Waals surface area contributed by atoms with Crippen LogP contribution in [-0.4, -0.2) is 24.2 Å². The molecule has 33 heavy (non-hydrogen) atoms. The van der Waals surface area contributed by atoms with E-state index in [1.807, 2.05) is 24.3 Å². The Morgan fingerprint density at radius 3 is 2.61 bits per heavy atom. The average molecular weight is 465 g/mol. The van der Waals surface area contributed by atoms with Crippen molar-refractivity contribution in [2.45, 2.75) is 25.1 Å². The summed E-state index contributed by atoms with van der Waals surface area (Å²) in [6, 6.07) is 20.4. The SMILES string of the molecule is CCCCOc1ccc(C(=O)Nc2cccc(C3SCC(=O)N3c3ccc(F)cc3)c2)cc1. The molecular formula is C26H25FN2O3S. The first-order valence-corrected chi connectivity index (χ1v) is 11.9. The standard InChI is InChI=1S/C26H25FN2O3S/c1-2-3-15-32-23-13-7-18(8-14-23)25(31)28-21-6-4-5-19(16-21)26-29(24(30)17-33-26)22-11-9-20(27)10-12-22/h4-14,16,26H,2-3,15,17H2,1H3,(H,28,31). The zero-order valence-corrected chi connectivity index (χ0v) is 19.1. The second-order valence-electron chi connectivity index (χ2n) is 7.71. The molecule has 3 aromatic carbocycles. The Morgan fingerprint density at radius 1 is 1.12 bits per heavy atom. The molecule has 0 spiro atoms. The maximum atomic E-state index is 13.3. The van der Waals surface area contributed by atoms with Crippen LogP contribution in [0.2, 0.25) is 0 Å². The van der Waals surface area contributed by atoms with Crippen LogP contribution in [0.5, 0.6) is 5.75 Å². The van der Waals surface area contributed by atoms with Gasteiger partial charge in [-0.25, -0.2) is 4.39 Å². The van der Waals surface area contributed by atoms with Crippen LogP contribution < -0.4 is 15.0 Å². The van der Waals surface area contributed by atoms with Gasteiger partial charge >= 0.3 is 0 Å². The molecule has 1 saturated heterocycles. The topological polar surface area (TPSA) is 58.6 Å². The highest BCUT2D eigenvalue weighted by molar-refractivity contribution is 8.00. The van der Waals surface area contributed by atoms with Crippen molar-refractivity contribution >= 4 is 35.0 Å². The fraction of sp³-hybridized carbons (Fsp3) is 0.231. The van der Waals surface area contributed by atoms with Gasteiger partial charge in [0.25, 0.3) is 5.91 Å². The number of nitrogens with one attached hydrogen (secondary N) is 1. The van der Waals surface area contributed by atoms with Crippen molar-refractivity contribution in [3.63, 3.8) is 0 Å². The molecule has 4 rings (SSSR count). The number of nitrogens with zero attached hydrogens (tertiary/aromatic N) is 1. The number of hydrogen-bond donors (Lipinski definition) is 1. The van der Waals surface area contributed by atoms with E-state index < -0.39 is 0 Å². The van der Waals surface area contributed by atoms with E-state index >= 15 is 0 Å². The lowest BCUT2D eigenvalue weighted by atomic mass is 10.1. The second kappa shape index (κ2) is 10.5. The highest BCUT2D eigenvalue weighted by atomic mass is 32.2. The zero-order chi connectivity index (χ0) is 23.2. The smallest absolute Gasteiger partial charge is 0.255 e. The molecule has 0 aromatic heterocycles. The van der Waals surface area contributed by atoms with Crippen LogP contribution >= 0.6 is 11.8 Å². The summed E-state index contributed by atoms with van der Waals surface area (Å²) in [5, 5.41) is 2.67. The van der Waals surface area contributed by atoms with Gasteiger partial charge in [0.05, 0.1) is 12.4 Å². The number of rotatable bonds is 8. The predicted molar refractivity (Wildman–Crippen MR) is 130 cm³/mol. The average Bonchev–Trinajstić information content (AvgIpc) is 3.22. The lowest BCUT2D eigenvalue weighted by Gasteiger charge is -2.24. The van der Waals surface area contributed by atoms with Gasteiger partial charge in [-0.15, -0.1) is 11.8 Å². The van der Waals surface area contributed by atoms with Gasteiger partial charge in [0, 0.05) is 16.9 Å². The Hall–Kier alpha value is -3.32. The molecule has 1 unspecified atom stereocenters. The van der Waals surface area contributed by atoms with Gasteiger partial charge in [-0.1, -0.05) is 25.5 Å². The van der Waals surface area contributed by atoms with Gasteiger partial charge in [0.1, 0.15) is 16.9 Å². The summed E-state index contributed by atoms with van der Waals surface area (Å²) >= 11 is 1.50. The maximum Gasteiger partial charge on any atom is 0.255 e. The fourth-order valence-corrected chi connectivity index (χ4v) is 4.73. The number of halogens is 1. The van der Waals surface area contributed by atoms with Crippen LogP contribution in [0.1, 0.15) is 41.1 Å². The summed E-state index contributed by atoms with van der Waals surface area (Å²) in [6.07, 6.45) is 2.05. The summed E-state index contributed by atoms with van der Waals surface area (Å²) in [6.45, 7) is 2.76. The van der Waals surface area contributed by atoms with Crippen molar-refractivity contribution in [2.24, 2.45) is 0 Å². The van der Waals surface area contributed by atoms with Gasteiger partial charge in [0.15, 0.2) is 0 Å². The molecule has 1 aliphatic heterocycles. The minimum absolute atomic E-state index is 0.0349. The Bertz CT molecular complexity index is 1120. The molecule has 7 heteroatoms. The molecule has 0 saturated carbocycles. The number of thioether (sulfide) groups is 1. The monoisotopic (exact) mass is 464 g/mol. The van der Waals surface area contributed by atoms with E-state index in [1.54, 1.807) is 41.3 Å². The van der Waals surface area contributed by atoms with Crippen molar-refractivity contribution in [1.29, 1.82) is 0 Å². The molecule has 2 amide bonds. The lowest BCUT2D eigenvalue weighted by Crippen LogP contribution is -2.27. The highest BCUT2D eigenvalue weighted by Crippen LogP contribution is 2.42. The number of unbranched alkanes of at least 4 members (excludes halogenated alkanes) is 1. The lowest BCUT2D eigenvalue weighted by molar-refractivity contribution is -0.115. The van der Waals surface area contributed by atoms with Crippen LogP contribution in [0.25, 0.3) is 0 Å². The van der Waals surface area contributed by atoms with E-state index in [4.69, 9.17) is 4.74 Å².